The van der Waals surface area contributed by atoms with E-state index in [1.165, 1.54) is 0 Å². The maximum atomic E-state index is 13.7. The molecular formula is C28H36O5S. The molecule has 0 heterocycles. The fourth-order valence-corrected chi connectivity index (χ4v) is 9.30. The van der Waals surface area contributed by atoms with E-state index in [1.54, 1.807) is 31.2 Å². The van der Waals surface area contributed by atoms with Crippen LogP contribution in [0.3, 0.4) is 0 Å². The number of Topliss-reactive ketones (excluding diaryl/α,β-unsaturated/α-hetero) is 2. The minimum absolute atomic E-state index is 0.00121. The average molecular weight is 485 g/mol. The second kappa shape index (κ2) is 8.12. The molecule has 1 aromatic carbocycles. The highest BCUT2D eigenvalue weighted by Crippen LogP contribution is 2.65. The van der Waals surface area contributed by atoms with Gasteiger partial charge in [0.25, 0.3) is 10.1 Å². The lowest BCUT2D eigenvalue weighted by Gasteiger charge is -2.59. The van der Waals surface area contributed by atoms with Gasteiger partial charge in [-0.3, -0.25) is 13.8 Å². The van der Waals surface area contributed by atoms with E-state index in [-0.39, 0.29) is 39.4 Å². The molecular weight excluding hydrogens is 448 g/mol. The molecule has 0 spiro atoms. The van der Waals surface area contributed by atoms with Crippen LogP contribution in [0.2, 0.25) is 0 Å². The van der Waals surface area contributed by atoms with Gasteiger partial charge in [0, 0.05) is 17.8 Å². The zero-order valence-corrected chi connectivity index (χ0v) is 21.5. The van der Waals surface area contributed by atoms with Crippen molar-refractivity contribution in [2.24, 2.45) is 34.5 Å². The van der Waals surface area contributed by atoms with Crippen LogP contribution in [0.5, 0.6) is 0 Å². The standard InChI is InChI=1S/C28H36O5S/c1-17-5-8-21(9-6-17)34(31,32)33-20-13-14-27(3)19(15-20)7-10-22-24-12-11-23(18(2)29)28(24,4)16-25(30)26(22)27/h5-6,8-9,11,19-20,22,24,26H,7,10,12-16H2,1-4H3/t19-,20+,22-,24+,26+,27-,28+/m0/s1. The van der Waals surface area contributed by atoms with Gasteiger partial charge in [0.15, 0.2) is 5.78 Å². The van der Waals surface area contributed by atoms with Gasteiger partial charge < -0.3 is 0 Å². The zero-order valence-electron chi connectivity index (χ0n) is 20.7. The number of fused-ring (bicyclic) bond motifs is 5. The van der Waals surface area contributed by atoms with Gasteiger partial charge in [-0.15, -0.1) is 0 Å². The van der Waals surface area contributed by atoms with E-state index in [2.05, 4.69) is 19.9 Å². The molecule has 4 aliphatic rings. The van der Waals surface area contributed by atoms with Crippen LogP contribution in [0.4, 0.5) is 0 Å². The van der Waals surface area contributed by atoms with Gasteiger partial charge in [0.2, 0.25) is 0 Å². The molecule has 7 atom stereocenters. The maximum Gasteiger partial charge on any atom is 0.297 e. The van der Waals surface area contributed by atoms with Crippen molar-refractivity contribution in [3.05, 3.63) is 41.5 Å². The molecule has 5 rings (SSSR count). The number of benzene rings is 1. The Morgan fingerprint density at radius 3 is 2.47 bits per heavy atom. The maximum absolute atomic E-state index is 13.7. The summed E-state index contributed by atoms with van der Waals surface area (Å²) in [6.45, 7) is 7.93. The van der Waals surface area contributed by atoms with Crippen molar-refractivity contribution in [2.75, 3.05) is 0 Å². The summed E-state index contributed by atoms with van der Waals surface area (Å²) in [6, 6.07) is 6.78. The second-order valence-electron chi connectivity index (χ2n) is 11.8. The third-order valence-corrected chi connectivity index (χ3v) is 11.2. The normalized spacial score (nSPS) is 39.6. The van der Waals surface area contributed by atoms with Gasteiger partial charge in [0.1, 0.15) is 5.78 Å². The van der Waals surface area contributed by atoms with Gasteiger partial charge in [0.05, 0.1) is 11.0 Å². The molecule has 0 bridgehead atoms. The van der Waals surface area contributed by atoms with Crippen LogP contribution in [-0.2, 0) is 23.9 Å². The number of rotatable bonds is 4. The summed E-state index contributed by atoms with van der Waals surface area (Å²) in [7, 11) is -3.81. The predicted octanol–water partition coefficient (Wildman–Crippen LogP) is 5.42. The summed E-state index contributed by atoms with van der Waals surface area (Å²) < 4.78 is 31.5. The molecule has 1 aromatic rings. The number of hydrogen-bond acceptors (Lipinski definition) is 5. The number of carbonyl (C=O) groups is 2. The number of hydrogen-bond donors (Lipinski definition) is 0. The fraction of sp³-hybridized carbons (Fsp3) is 0.643. The van der Waals surface area contributed by atoms with E-state index in [1.807, 2.05) is 6.92 Å². The van der Waals surface area contributed by atoms with Crippen molar-refractivity contribution in [3.8, 4) is 0 Å². The van der Waals surface area contributed by atoms with E-state index in [0.29, 0.717) is 36.9 Å². The summed E-state index contributed by atoms with van der Waals surface area (Å²) in [4.78, 5) is 26.2. The minimum Gasteiger partial charge on any atom is -0.299 e. The molecule has 6 heteroatoms. The van der Waals surface area contributed by atoms with Crippen LogP contribution in [0.25, 0.3) is 0 Å². The van der Waals surface area contributed by atoms with Gasteiger partial charge in [-0.25, -0.2) is 0 Å². The quantitative estimate of drug-likeness (QED) is 0.534. The van der Waals surface area contributed by atoms with Crippen LogP contribution in [0.15, 0.2) is 40.8 Å². The summed E-state index contributed by atoms with van der Waals surface area (Å²) in [5.74, 6) is 1.33. The molecule has 34 heavy (non-hydrogen) atoms. The average Bonchev–Trinajstić information content (AvgIpc) is 3.10. The molecule has 5 nitrogen and oxygen atoms in total. The van der Waals surface area contributed by atoms with Gasteiger partial charge >= 0.3 is 0 Å². The topological polar surface area (TPSA) is 77.5 Å². The van der Waals surface area contributed by atoms with E-state index in [0.717, 1.165) is 36.8 Å². The Bertz CT molecular complexity index is 1150. The molecule has 0 aliphatic heterocycles. The molecule has 0 aromatic heterocycles. The van der Waals surface area contributed by atoms with Crippen molar-refractivity contribution >= 4 is 21.7 Å². The Morgan fingerprint density at radius 1 is 1.09 bits per heavy atom. The minimum atomic E-state index is -3.81. The third-order valence-electron chi connectivity index (χ3n) is 9.84. The van der Waals surface area contributed by atoms with Crippen molar-refractivity contribution < 1.29 is 22.2 Å². The Kier molecular flexibility index (Phi) is 5.72. The fourth-order valence-electron chi connectivity index (χ4n) is 8.18. The molecule has 3 fully saturated rings. The van der Waals surface area contributed by atoms with E-state index < -0.39 is 10.1 Å². The van der Waals surface area contributed by atoms with Gasteiger partial charge in [-0.05, 0) is 93.2 Å². The number of carbonyl (C=O) groups excluding carboxylic acids is 2. The SMILES string of the molecule is CC(=O)C1=CC[C@@H]2[C@@H]3CC[C@H]4C[C@H](OS(=O)(=O)c5ccc(C)cc5)CC[C@]4(C)[C@H]3C(=O)C[C@]12C. The Labute approximate surface area is 203 Å². The van der Waals surface area contributed by atoms with Gasteiger partial charge in [-0.2, -0.15) is 8.42 Å². The number of ketones is 2. The molecule has 0 saturated heterocycles. The Balaban J connectivity index is 1.34. The lowest BCUT2D eigenvalue weighted by atomic mass is 9.44. The third kappa shape index (κ3) is 3.63. The van der Waals surface area contributed by atoms with Crippen molar-refractivity contribution in [2.45, 2.75) is 83.6 Å². The smallest absolute Gasteiger partial charge is 0.297 e. The predicted molar refractivity (Wildman–Crippen MR) is 130 cm³/mol. The summed E-state index contributed by atoms with van der Waals surface area (Å²) >= 11 is 0. The van der Waals surface area contributed by atoms with Crippen molar-refractivity contribution in [1.82, 2.24) is 0 Å². The second-order valence-corrected chi connectivity index (χ2v) is 13.3. The molecule has 3 saturated carbocycles. The number of allylic oxidation sites excluding steroid dienone is 2. The summed E-state index contributed by atoms with van der Waals surface area (Å²) in [6.07, 6.45) is 7.17. The van der Waals surface area contributed by atoms with Crippen molar-refractivity contribution in [1.29, 1.82) is 0 Å². The Hall–Kier alpha value is -1.79. The zero-order chi connectivity index (χ0) is 24.5. The first-order valence-electron chi connectivity index (χ1n) is 12.7. The lowest BCUT2D eigenvalue weighted by Crippen LogP contribution is -2.57. The number of aryl methyl sites for hydroxylation is 1. The van der Waals surface area contributed by atoms with Crippen LogP contribution < -0.4 is 0 Å². The van der Waals surface area contributed by atoms with Crippen LogP contribution in [0.1, 0.15) is 71.3 Å². The molecule has 0 amide bonds. The largest absolute Gasteiger partial charge is 0.299 e. The van der Waals surface area contributed by atoms with E-state index in [4.69, 9.17) is 4.18 Å². The van der Waals surface area contributed by atoms with Crippen LogP contribution >= 0.6 is 0 Å². The van der Waals surface area contributed by atoms with Crippen molar-refractivity contribution in [3.63, 3.8) is 0 Å². The summed E-state index contributed by atoms with van der Waals surface area (Å²) in [5, 5.41) is 0. The highest BCUT2D eigenvalue weighted by Gasteiger charge is 2.62. The molecule has 0 radical (unpaired) electrons. The van der Waals surface area contributed by atoms with Crippen LogP contribution in [-0.4, -0.2) is 26.1 Å². The highest BCUT2D eigenvalue weighted by molar-refractivity contribution is 7.86. The van der Waals surface area contributed by atoms with E-state index in [9.17, 15) is 18.0 Å². The highest BCUT2D eigenvalue weighted by atomic mass is 32.2. The van der Waals surface area contributed by atoms with Gasteiger partial charge in [-0.1, -0.05) is 37.6 Å². The summed E-state index contributed by atoms with van der Waals surface area (Å²) in [5.41, 5.74) is 1.41. The molecule has 184 valence electrons. The molecule has 4 aliphatic carbocycles. The monoisotopic (exact) mass is 484 g/mol. The molecule has 0 N–H and O–H groups in total. The molecule has 0 unspecified atom stereocenters. The Morgan fingerprint density at radius 2 is 1.79 bits per heavy atom. The first kappa shape index (κ1) is 23.9. The first-order valence-corrected chi connectivity index (χ1v) is 14.1. The van der Waals surface area contributed by atoms with E-state index >= 15 is 0 Å². The lowest BCUT2D eigenvalue weighted by molar-refractivity contribution is -0.157. The van der Waals surface area contributed by atoms with Crippen LogP contribution in [0, 0.1) is 41.4 Å². The first-order chi connectivity index (χ1) is 16.0.